The van der Waals surface area contributed by atoms with Gasteiger partial charge in [-0.2, -0.15) is 4.31 Å². The molecule has 7 heteroatoms. The van der Waals surface area contributed by atoms with E-state index in [2.05, 4.69) is 17.1 Å². The average molecular weight is 410 g/mol. The molecule has 1 aliphatic carbocycles. The van der Waals surface area contributed by atoms with Gasteiger partial charge in [0, 0.05) is 24.8 Å². The van der Waals surface area contributed by atoms with Crippen LogP contribution < -0.4 is 5.32 Å². The second-order valence-corrected chi connectivity index (χ2v) is 9.85. The number of likely N-dealkylation sites (N-methyl/N-ethyl adjacent to an activating group) is 1. The van der Waals surface area contributed by atoms with E-state index in [1.807, 2.05) is 20.9 Å². The maximum atomic E-state index is 12.9. The summed E-state index contributed by atoms with van der Waals surface area (Å²) in [6.45, 7) is 8.85. The Morgan fingerprint density at radius 2 is 1.75 bits per heavy atom. The predicted molar refractivity (Wildman–Crippen MR) is 114 cm³/mol. The van der Waals surface area contributed by atoms with Crippen molar-refractivity contribution in [3.63, 3.8) is 0 Å². The number of carbonyl (C=O) groups is 1. The van der Waals surface area contributed by atoms with E-state index >= 15 is 0 Å². The minimum atomic E-state index is -3.56. The summed E-state index contributed by atoms with van der Waals surface area (Å²) < 4.78 is 27.2. The number of nitrogens with zero attached hydrogens (tertiary/aromatic N) is 2. The molecule has 158 valence electrons. The topological polar surface area (TPSA) is 69.7 Å². The maximum absolute atomic E-state index is 12.9. The summed E-state index contributed by atoms with van der Waals surface area (Å²) in [6, 6.07) is 5.52. The van der Waals surface area contributed by atoms with E-state index in [0.717, 1.165) is 18.8 Å². The number of amides is 1. The van der Waals surface area contributed by atoms with Gasteiger partial charge in [0.25, 0.3) is 0 Å². The smallest absolute Gasteiger partial charge is 0.243 e. The zero-order chi connectivity index (χ0) is 20.9. The summed E-state index contributed by atoms with van der Waals surface area (Å²) in [5.41, 5.74) is 1.20. The van der Waals surface area contributed by atoms with Crippen molar-refractivity contribution in [1.29, 1.82) is 0 Å². The first-order valence-electron chi connectivity index (χ1n) is 10.3. The fourth-order valence-corrected chi connectivity index (χ4v) is 5.61. The van der Waals surface area contributed by atoms with Crippen LogP contribution in [0.1, 0.15) is 52.0 Å². The first-order chi connectivity index (χ1) is 13.2. The van der Waals surface area contributed by atoms with Gasteiger partial charge in [0.05, 0.1) is 11.4 Å². The lowest BCUT2D eigenvalue weighted by Crippen LogP contribution is -2.39. The van der Waals surface area contributed by atoms with Crippen LogP contribution >= 0.6 is 0 Å². The fourth-order valence-electron chi connectivity index (χ4n) is 3.90. The first kappa shape index (κ1) is 22.8. The zero-order valence-corrected chi connectivity index (χ0v) is 18.7. The number of anilines is 1. The second-order valence-electron chi connectivity index (χ2n) is 7.95. The van der Waals surface area contributed by atoms with E-state index in [0.29, 0.717) is 36.9 Å². The zero-order valence-electron chi connectivity index (χ0n) is 17.9. The highest BCUT2D eigenvalue weighted by molar-refractivity contribution is 7.89. The van der Waals surface area contributed by atoms with Gasteiger partial charge in [-0.05, 0) is 63.3 Å². The highest BCUT2D eigenvalue weighted by atomic mass is 32.2. The van der Waals surface area contributed by atoms with Crippen molar-refractivity contribution in [3.05, 3.63) is 23.8 Å². The van der Waals surface area contributed by atoms with Crippen LogP contribution in [0.4, 0.5) is 5.69 Å². The lowest BCUT2D eigenvalue weighted by molar-refractivity contribution is -0.117. The van der Waals surface area contributed by atoms with Gasteiger partial charge in [0.1, 0.15) is 0 Å². The molecule has 0 saturated heterocycles. The molecule has 1 saturated carbocycles. The van der Waals surface area contributed by atoms with Crippen LogP contribution in [-0.2, 0) is 14.8 Å². The van der Waals surface area contributed by atoms with Gasteiger partial charge in [0.15, 0.2) is 0 Å². The van der Waals surface area contributed by atoms with Crippen LogP contribution in [0.2, 0.25) is 0 Å². The van der Waals surface area contributed by atoms with Gasteiger partial charge >= 0.3 is 0 Å². The third-order valence-electron chi connectivity index (χ3n) is 5.80. The van der Waals surface area contributed by atoms with Crippen molar-refractivity contribution in [2.24, 2.45) is 5.92 Å². The van der Waals surface area contributed by atoms with Crippen molar-refractivity contribution < 1.29 is 13.2 Å². The highest BCUT2D eigenvalue weighted by Gasteiger charge is 2.25. The molecule has 28 heavy (non-hydrogen) atoms. The Bertz CT molecular complexity index is 767. The molecule has 0 bridgehead atoms. The Labute approximate surface area is 170 Å². The Balaban J connectivity index is 2.07. The number of carbonyl (C=O) groups excluding carboxylic acids is 1. The predicted octanol–water partition coefficient (Wildman–Crippen LogP) is 3.47. The number of hydrogen-bond donors (Lipinski definition) is 1. The van der Waals surface area contributed by atoms with E-state index in [1.54, 1.807) is 25.1 Å². The molecule has 1 N–H and O–H groups in total. The normalized spacial score (nSPS) is 20.5. The van der Waals surface area contributed by atoms with Crippen molar-refractivity contribution in [2.45, 2.75) is 64.3 Å². The molecule has 6 nitrogen and oxygen atoms in total. The van der Waals surface area contributed by atoms with Crippen LogP contribution in [-0.4, -0.2) is 56.3 Å². The number of nitrogens with one attached hydrogen (secondary N) is 1. The standard InChI is InChI=1S/C21H35N3O3S/c1-6-24(7-2)28(26,27)20-14-18(11-10-17(20)4)22-21(25)15-23(5)19-12-8-16(3)9-13-19/h10-11,14,16,19H,6-9,12-13,15H2,1-5H3,(H,22,25). The first-order valence-corrected chi connectivity index (χ1v) is 11.7. The molecule has 1 fully saturated rings. The molecule has 1 aliphatic rings. The van der Waals surface area contributed by atoms with E-state index in [4.69, 9.17) is 0 Å². The summed E-state index contributed by atoms with van der Waals surface area (Å²) in [4.78, 5) is 14.9. The number of hydrogen-bond acceptors (Lipinski definition) is 4. The largest absolute Gasteiger partial charge is 0.325 e. The number of sulfonamides is 1. The number of rotatable bonds is 8. The fraction of sp³-hybridized carbons (Fsp3) is 0.667. The molecule has 0 aliphatic heterocycles. The summed E-state index contributed by atoms with van der Waals surface area (Å²) >= 11 is 0. The Kier molecular flexibility index (Phi) is 8.04. The number of benzene rings is 1. The summed E-state index contributed by atoms with van der Waals surface area (Å²) in [5.74, 6) is 0.661. The Hall–Kier alpha value is -1.44. The molecule has 2 rings (SSSR count). The second kappa shape index (κ2) is 9.85. The molecule has 0 unspecified atom stereocenters. The minimum Gasteiger partial charge on any atom is -0.325 e. The van der Waals surface area contributed by atoms with Crippen molar-refractivity contribution in [2.75, 3.05) is 32.0 Å². The van der Waals surface area contributed by atoms with Crippen molar-refractivity contribution >= 4 is 21.6 Å². The summed E-state index contributed by atoms with van der Waals surface area (Å²) in [5, 5.41) is 2.87. The Morgan fingerprint density at radius 1 is 1.14 bits per heavy atom. The van der Waals surface area contributed by atoms with Gasteiger partial charge in [-0.15, -0.1) is 0 Å². The average Bonchev–Trinajstić information content (AvgIpc) is 2.64. The van der Waals surface area contributed by atoms with Crippen LogP contribution in [0.15, 0.2) is 23.1 Å². The SMILES string of the molecule is CCN(CC)S(=O)(=O)c1cc(NC(=O)CN(C)C2CCC(C)CC2)ccc1C. The molecule has 0 aromatic heterocycles. The molecule has 0 radical (unpaired) electrons. The van der Waals surface area contributed by atoms with Gasteiger partial charge in [-0.3, -0.25) is 9.69 Å². The maximum Gasteiger partial charge on any atom is 0.243 e. The molecular weight excluding hydrogens is 374 g/mol. The van der Waals surface area contributed by atoms with Gasteiger partial charge in [-0.25, -0.2) is 8.42 Å². The van der Waals surface area contributed by atoms with E-state index in [1.165, 1.54) is 17.1 Å². The summed E-state index contributed by atoms with van der Waals surface area (Å²) in [6.07, 6.45) is 4.67. The molecule has 1 amide bonds. The van der Waals surface area contributed by atoms with Gasteiger partial charge < -0.3 is 5.32 Å². The Morgan fingerprint density at radius 3 is 2.32 bits per heavy atom. The van der Waals surface area contributed by atoms with Crippen LogP contribution in [0.5, 0.6) is 0 Å². The van der Waals surface area contributed by atoms with Gasteiger partial charge in [0.2, 0.25) is 15.9 Å². The minimum absolute atomic E-state index is 0.115. The molecule has 0 atom stereocenters. The van der Waals surface area contributed by atoms with Crippen molar-refractivity contribution in [3.8, 4) is 0 Å². The van der Waals surface area contributed by atoms with Crippen LogP contribution in [0.3, 0.4) is 0 Å². The van der Waals surface area contributed by atoms with Crippen molar-refractivity contribution in [1.82, 2.24) is 9.21 Å². The monoisotopic (exact) mass is 409 g/mol. The van der Waals surface area contributed by atoms with E-state index in [9.17, 15) is 13.2 Å². The third kappa shape index (κ3) is 5.55. The summed E-state index contributed by atoms with van der Waals surface area (Å²) in [7, 11) is -1.57. The molecular formula is C21H35N3O3S. The molecule has 0 spiro atoms. The van der Waals surface area contributed by atoms with Crippen LogP contribution in [0, 0.1) is 12.8 Å². The quantitative estimate of drug-likeness (QED) is 0.714. The van der Waals surface area contributed by atoms with E-state index < -0.39 is 10.0 Å². The number of aryl methyl sites for hydroxylation is 1. The van der Waals surface area contributed by atoms with Crippen LogP contribution in [0.25, 0.3) is 0 Å². The molecule has 1 aromatic rings. The lowest BCUT2D eigenvalue weighted by Gasteiger charge is -2.33. The highest BCUT2D eigenvalue weighted by Crippen LogP contribution is 2.27. The molecule has 0 heterocycles. The lowest BCUT2D eigenvalue weighted by atomic mass is 9.87. The van der Waals surface area contributed by atoms with Gasteiger partial charge in [-0.1, -0.05) is 26.8 Å². The molecule has 1 aromatic carbocycles. The van der Waals surface area contributed by atoms with E-state index in [-0.39, 0.29) is 10.8 Å². The third-order valence-corrected chi connectivity index (χ3v) is 7.99.